The Hall–Kier alpha value is -2.83. The predicted molar refractivity (Wildman–Crippen MR) is 136 cm³/mol. The van der Waals surface area contributed by atoms with Crippen molar-refractivity contribution in [3.05, 3.63) is 70.9 Å². The molecular weight excluding hydrogens is 452 g/mol. The smallest absolute Gasteiger partial charge is 0.201 e. The number of carbonyl (C=O) groups excluding carboxylic acids is 1. The zero-order chi connectivity index (χ0) is 24.7. The lowest BCUT2D eigenvalue weighted by Crippen LogP contribution is -2.77. The van der Waals surface area contributed by atoms with Gasteiger partial charge < -0.3 is 19.5 Å². The number of benzene rings is 2. The molecule has 2 saturated carbocycles. The number of ketones is 1. The van der Waals surface area contributed by atoms with Crippen molar-refractivity contribution in [2.75, 3.05) is 27.2 Å². The molecule has 2 aromatic rings. The second kappa shape index (κ2) is 7.83. The Morgan fingerprint density at radius 1 is 1.19 bits per heavy atom. The summed E-state index contributed by atoms with van der Waals surface area (Å²) in [5, 5.41) is 12.7. The van der Waals surface area contributed by atoms with Gasteiger partial charge in [-0.05, 0) is 55.3 Å². The van der Waals surface area contributed by atoms with Gasteiger partial charge in [0.2, 0.25) is 5.78 Å². The Balaban J connectivity index is 1.35. The van der Waals surface area contributed by atoms with Gasteiger partial charge in [0.25, 0.3) is 0 Å². The SMILES string of the molecule is CN(C)/C=C1\C[C@@]2(O)[C@H]3Cc4ccc(OCc5ccccc5)c5c4[C@@]2(CCN3CC2CC2)[C@@H](O5)C1=O. The number of hydrogen-bond acceptors (Lipinski definition) is 6. The van der Waals surface area contributed by atoms with Crippen LogP contribution in [0.25, 0.3) is 0 Å². The molecule has 2 bridgehead atoms. The fourth-order valence-electron chi connectivity index (χ4n) is 7.45. The molecule has 1 spiro atoms. The van der Waals surface area contributed by atoms with Crippen LogP contribution in [0.2, 0.25) is 0 Å². The number of Topliss-reactive ketones (excluding diaryl/α,β-unsaturated/α-hetero) is 1. The summed E-state index contributed by atoms with van der Waals surface area (Å²) in [4.78, 5) is 18.3. The van der Waals surface area contributed by atoms with Gasteiger partial charge in [-0.2, -0.15) is 0 Å². The van der Waals surface area contributed by atoms with Crippen molar-refractivity contribution < 1.29 is 19.4 Å². The fraction of sp³-hybridized carbons (Fsp3) is 0.500. The molecule has 0 amide bonds. The van der Waals surface area contributed by atoms with Crippen LogP contribution in [-0.2, 0) is 23.2 Å². The first-order valence-corrected chi connectivity index (χ1v) is 13.3. The van der Waals surface area contributed by atoms with Gasteiger partial charge in [0.1, 0.15) is 6.61 Å². The number of ether oxygens (including phenoxy) is 2. The number of piperidine rings is 1. The third-order valence-electron chi connectivity index (χ3n) is 9.16. The molecule has 6 nitrogen and oxygen atoms in total. The van der Waals surface area contributed by atoms with E-state index < -0.39 is 17.1 Å². The van der Waals surface area contributed by atoms with E-state index in [0.717, 1.165) is 43.0 Å². The number of rotatable bonds is 6. The van der Waals surface area contributed by atoms with Gasteiger partial charge in [-0.1, -0.05) is 36.4 Å². The molecule has 5 aliphatic rings. The largest absolute Gasteiger partial charge is 0.485 e. The van der Waals surface area contributed by atoms with E-state index in [4.69, 9.17) is 9.47 Å². The van der Waals surface area contributed by atoms with Gasteiger partial charge in [-0.15, -0.1) is 0 Å². The number of likely N-dealkylation sites (tertiary alicyclic amines) is 1. The first-order chi connectivity index (χ1) is 17.4. The average molecular weight is 487 g/mol. The zero-order valence-electron chi connectivity index (χ0n) is 21.1. The van der Waals surface area contributed by atoms with Crippen molar-refractivity contribution in [2.45, 2.75) is 61.9 Å². The first kappa shape index (κ1) is 22.4. The molecule has 1 N–H and O–H groups in total. The number of carbonyl (C=O) groups is 1. The fourth-order valence-corrected chi connectivity index (χ4v) is 7.45. The van der Waals surface area contributed by atoms with E-state index in [1.54, 1.807) is 0 Å². The van der Waals surface area contributed by atoms with Crippen LogP contribution in [0.5, 0.6) is 11.5 Å². The molecule has 0 radical (unpaired) electrons. The van der Waals surface area contributed by atoms with Crippen LogP contribution in [-0.4, -0.2) is 65.6 Å². The van der Waals surface area contributed by atoms with E-state index in [1.165, 1.54) is 18.4 Å². The lowest BCUT2D eigenvalue weighted by Gasteiger charge is -2.62. The van der Waals surface area contributed by atoms with Crippen LogP contribution >= 0.6 is 0 Å². The minimum atomic E-state index is -1.06. The number of aliphatic hydroxyl groups is 1. The summed E-state index contributed by atoms with van der Waals surface area (Å²) in [5.74, 6) is 2.07. The molecule has 2 aliphatic heterocycles. The van der Waals surface area contributed by atoms with E-state index in [2.05, 4.69) is 11.0 Å². The third-order valence-corrected chi connectivity index (χ3v) is 9.16. The van der Waals surface area contributed by atoms with Crippen LogP contribution in [0.3, 0.4) is 0 Å². The lowest BCUT2D eigenvalue weighted by molar-refractivity contribution is -0.180. The van der Waals surface area contributed by atoms with Crippen LogP contribution in [0.4, 0.5) is 0 Å². The maximum Gasteiger partial charge on any atom is 0.201 e. The molecule has 3 aliphatic carbocycles. The van der Waals surface area contributed by atoms with Crippen molar-refractivity contribution in [1.29, 1.82) is 0 Å². The zero-order valence-corrected chi connectivity index (χ0v) is 21.1. The predicted octanol–water partition coefficient (Wildman–Crippen LogP) is 3.45. The summed E-state index contributed by atoms with van der Waals surface area (Å²) < 4.78 is 12.9. The third kappa shape index (κ3) is 3.07. The molecule has 0 unspecified atom stereocenters. The van der Waals surface area contributed by atoms with Crippen molar-refractivity contribution in [1.82, 2.24) is 9.80 Å². The first-order valence-electron chi connectivity index (χ1n) is 13.3. The van der Waals surface area contributed by atoms with Crippen molar-refractivity contribution in [2.24, 2.45) is 5.92 Å². The summed E-state index contributed by atoms with van der Waals surface area (Å²) in [5.41, 5.74) is 2.17. The van der Waals surface area contributed by atoms with Crippen molar-refractivity contribution in [3.8, 4) is 11.5 Å². The highest BCUT2D eigenvalue weighted by Gasteiger charge is 2.74. The quantitative estimate of drug-likeness (QED) is 0.631. The van der Waals surface area contributed by atoms with Gasteiger partial charge in [-0.3, -0.25) is 9.69 Å². The highest BCUT2D eigenvalue weighted by Crippen LogP contribution is 2.65. The molecule has 4 atom stereocenters. The summed E-state index contributed by atoms with van der Waals surface area (Å²) >= 11 is 0. The summed E-state index contributed by atoms with van der Waals surface area (Å²) in [6.45, 7) is 2.35. The van der Waals surface area contributed by atoms with Crippen molar-refractivity contribution in [3.63, 3.8) is 0 Å². The Morgan fingerprint density at radius 2 is 2.00 bits per heavy atom. The Morgan fingerprint density at radius 3 is 2.75 bits per heavy atom. The van der Waals surface area contributed by atoms with Crippen molar-refractivity contribution >= 4 is 5.78 Å². The lowest BCUT2D eigenvalue weighted by atomic mass is 9.48. The molecule has 6 heteroatoms. The molecule has 0 aromatic heterocycles. The molecule has 36 heavy (non-hydrogen) atoms. The summed E-state index contributed by atoms with van der Waals surface area (Å²) in [6.07, 6.45) is 5.58. The van der Waals surface area contributed by atoms with Crippen LogP contribution in [0.15, 0.2) is 54.2 Å². The van der Waals surface area contributed by atoms with E-state index in [0.29, 0.717) is 30.1 Å². The molecule has 2 aromatic carbocycles. The van der Waals surface area contributed by atoms with Gasteiger partial charge in [0, 0.05) is 50.4 Å². The molecular formula is C30H34N2O4. The summed E-state index contributed by atoms with van der Waals surface area (Å²) in [6, 6.07) is 14.2. The second-order valence-electron chi connectivity index (χ2n) is 11.7. The number of hydrogen-bond donors (Lipinski definition) is 1. The van der Waals surface area contributed by atoms with E-state index >= 15 is 0 Å². The molecule has 188 valence electrons. The van der Waals surface area contributed by atoms with Crippen LogP contribution < -0.4 is 9.47 Å². The molecule has 3 fully saturated rings. The number of nitrogens with zero attached hydrogens (tertiary/aromatic N) is 2. The normalized spacial score (nSPS) is 33.3. The minimum Gasteiger partial charge on any atom is -0.485 e. The Kier molecular flexibility index (Phi) is 4.87. The summed E-state index contributed by atoms with van der Waals surface area (Å²) in [7, 11) is 3.85. The maximum atomic E-state index is 13.9. The van der Waals surface area contributed by atoms with Gasteiger partial charge >= 0.3 is 0 Å². The van der Waals surface area contributed by atoms with E-state index in [1.807, 2.05) is 61.6 Å². The Labute approximate surface area is 212 Å². The average Bonchev–Trinajstić information content (AvgIpc) is 3.60. The molecule has 7 rings (SSSR count). The highest BCUT2D eigenvalue weighted by molar-refractivity contribution is 6.03. The van der Waals surface area contributed by atoms with Gasteiger partial charge in [0.05, 0.1) is 11.0 Å². The van der Waals surface area contributed by atoms with E-state index in [-0.39, 0.29) is 11.8 Å². The van der Waals surface area contributed by atoms with Gasteiger partial charge in [-0.25, -0.2) is 0 Å². The van der Waals surface area contributed by atoms with Crippen LogP contribution in [0.1, 0.15) is 42.4 Å². The topological polar surface area (TPSA) is 62.2 Å². The Bertz CT molecular complexity index is 1250. The minimum absolute atomic E-state index is 0.000766. The van der Waals surface area contributed by atoms with E-state index in [9.17, 15) is 9.90 Å². The van der Waals surface area contributed by atoms with Gasteiger partial charge in [0.15, 0.2) is 17.6 Å². The standard InChI is InChI=1S/C30H34N2O4/c1-31(2)17-22-15-30(34)24-14-21-10-11-23(35-18-20-6-4-3-5-7-20)27-25(21)29(30,28(36-27)26(22)33)12-13-32(24)16-19-8-9-19/h3-7,10-11,17,19,24,28,34H,8-9,12-16,18H2,1-2H3/b22-17+/t24-,28+,29+,30-/m1/s1. The highest BCUT2D eigenvalue weighted by atomic mass is 16.5. The molecule has 1 saturated heterocycles. The monoisotopic (exact) mass is 486 g/mol. The molecule has 2 heterocycles. The second-order valence-corrected chi connectivity index (χ2v) is 11.7. The van der Waals surface area contributed by atoms with Crippen LogP contribution in [0, 0.1) is 5.92 Å². The maximum absolute atomic E-state index is 13.9.